The van der Waals surface area contributed by atoms with Gasteiger partial charge in [-0.25, -0.2) is 12.7 Å². The Morgan fingerprint density at radius 1 is 1.47 bits per heavy atom. The summed E-state index contributed by atoms with van der Waals surface area (Å²) in [6.45, 7) is 4.23. The van der Waals surface area contributed by atoms with E-state index in [9.17, 15) is 8.42 Å². The molecule has 90 valence electrons. The predicted octanol–water partition coefficient (Wildman–Crippen LogP) is 0.819. The van der Waals surface area contributed by atoms with Gasteiger partial charge < -0.3 is 5.11 Å². The van der Waals surface area contributed by atoms with E-state index in [0.717, 1.165) is 12.8 Å². The number of hydrogen-bond acceptors (Lipinski definition) is 3. The van der Waals surface area contributed by atoms with Crippen LogP contribution in [0.2, 0.25) is 0 Å². The Labute approximate surface area is 92.3 Å². The molecule has 0 aromatic heterocycles. The van der Waals surface area contributed by atoms with E-state index in [2.05, 4.69) is 0 Å². The Balaban J connectivity index is 2.63. The van der Waals surface area contributed by atoms with Gasteiger partial charge in [0.25, 0.3) is 0 Å². The van der Waals surface area contributed by atoms with Crippen LogP contribution in [-0.2, 0) is 10.0 Å². The molecular weight excluding hydrogens is 214 g/mol. The molecule has 15 heavy (non-hydrogen) atoms. The Kier molecular flexibility index (Phi) is 4.55. The second-order valence-electron chi connectivity index (χ2n) is 4.29. The summed E-state index contributed by atoms with van der Waals surface area (Å²) in [7, 11) is -3.29. The van der Waals surface area contributed by atoms with E-state index < -0.39 is 15.3 Å². The van der Waals surface area contributed by atoms with Gasteiger partial charge >= 0.3 is 0 Å². The molecule has 1 N–H and O–H groups in total. The molecule has 4 nitrogen and oxygen atoms in total. The molecule has 1 atom stereocenters. The normalized spacial score (nSPS) is 20.3. The average molecular weight is 235 g/mol. The predicted molar refractivity (Wildman–Crippen MR) is 60.1 cm³/mol. The van der Waals surface area contributed by atoms with Crippen molar-refractivity contribution in [3.8, 4) is 0 Å². The average Bonchev–Trinajstić information content (AvgIpc) is 2.14. The number of rotatable bonds is 6. The monoisotopic (exact) mass is 235 g/mol. The number of nitrogens with zero attached hydrogens (tertiary/aromatic N) is 1. The first-order valence-corrected chi connectivity index (χ1v) is 7.12. The standard InChI is InChI=1S/C10H21NO3S/c1-3-11(7-10-5-4-6-10)15(13,14)9(2)8-12/h9-10,12H,3-8H2,1-2H3. The molecule has 0 amide bonds. The van der Waals surface area contributed by atoms with Gasteiger partial charge in [0.15, 0.2) is 0 Å². The third-order valence-electron chi connectivity index (χ3n) is 3.16. The first kappa shape index (κ1) is 12.9. The second kappa shape index (κ2) is 5.27. The Morgan fingerprint density at radius 2 is 2.07 bits per heavy atom. The minimum absolute atomic E-state index is 0.302. The maximum Gasteiger partial charge on any atom is 0.218 e. The van der Waals surface area contributed by atoms with Crippen LogP contribution in [0, 0.1) is 5.92 Å². The molecule has 1 unspecified atom stereocenters. The maximum absolute atomic E-state index is 11.9. The van der Waals surface area contributed by atoms with Crippen molar-refractivity contribution in [1.29, 1.82) is 0 Å². The fourth-order valence-electron chi connectivity index (χ4n) is 1.72. The highest BCUT2D eigenvalue weighted by molar-refractivity contribution is 7.89. The van der Waals surface area contributed by atoms with Gasteiger partial charge in [-0.2, -0.15) is 0 Å². The molecule has 0 radical (unpaired) electrons. The molecule has 0 aromatic rings. The molecule has 1 saturated carbocycles. The van der Waals surface area contributed by atoms with Crippen molar-refractivity contribution in [2.75, 3.05) is 19.7 Å². The van der Waals surface area contributed by atoms with E-state index >= 15 is 0 Å². The quantitative estimate of drug-likeness (QED) is 0.741. The lowest BCUT2D eigenvalue weighted by molar-refractivity contribution is 0.243. The van der Waals surface area contributed by atoms with Crippen molar-refractivity contribution in [3.63, 3.8) is 0 Å². The second-order valence-corrected chi connectivity index (χ2v) is 6.64. The fourth-order valence-corrected chi connectivity index (χ4v) is 3.20. The summed E-state index contributed by atoms with van der Waals surface area (Å²) in [4.78, 5) is 0. The number of aliphatic hydroxyl groups is 1. The van der Waals surface area contributed by atoms with Crippen LogP contribution in [0.4, 0.5) is 0 Å². The summed E-state index contributed by atoms with van der Waals surface area (Å²) in [6, 6.07) is 0. The van der Waals surface area contributed by atoms with E-state index in [1.54, 1.807) is 6.92 Å². The molecule has 1 rings (SSSR count). The van der Waals surface area contributed by atoms with E-state index in [1.165, 1.54) is 10.7 Å². The molecular formula is C10H21NO3S. The molecule has 0 bridgehead atoms. The Hall–Kier alpha value is -0.130. The van der Waals surface area contributed by atoms with Gasteiger partial charge in [-0.05, 0) is 25.7 Å². The van der Waals surface area contributed by atoms with Crippen LogP contribution < -0.4 is 0 Å². The van der Waals surface area contributed by atoms with E-state index in [-0.39, 0.29) is 6.61 Å². The van der Waals surface area contributed by atoms with Crippen LogP contribution in [0.25, 0.3) is 0 Å². The minimum Gasteiger partial charge on any atom is -0.395 e. The van der Waals surface area contributed by atoms with Crippen LogP contribution in [0.5, 0.6) is 0 Å². The maximum atomic E-state index is 11.9. The van der Waals surface area contributed by atoms with Crippen molar-refractivity contribution in [2.45, 2.75) is 38.4 Å². The Bertz CT molecular complexity index is 285. The van der Waals surface area contributed by atoms with Gasteiger partial charge in [-0.15, -0.1) is 0 Å². The number of sulfonamides is 1. The van der Waals surface area contributed by atoms with Gasteiger partial charge in [-0.1, -0.05) is 13.3 Å². The van der Waals surface area contributed by atoms with Gasteiger partial charge in [0.1, 0.15) is 0 Å². The molecule has 0 aliphatic heterocycles. The van der Waals surface area contributed by atoms with E-state index in [1.807, 2.05) is 6.92 Å². The van der Waals surface area contributed by atoms with Gasteiger partial charge in [-0.3, -0.25) is 0 Å². The number of hydrogen-bond donors (Lipinski definition) is 1. The highest BCUT2D eigenvalue weighted by atomic mass is 32.2. The van der Waals surface area contributed by atoms with Gasteiger partial charge in [0, 0.05) is 13.1 Å². The third-order valence-corrected chi connectivity index (χ3v) is 5.46. The van der Waals surface area contributed by atoms with Crippen LogP contribution in [0.15, 0.2) is 0 Å². The smallest absolute Gasteiger partial charge is 0.218 e. The van der Waals surface area contributed by atoms with Crippen molar-refractivity contribution < 1.29 is 13.5 Å². The van der Waals surface area contributed by atoms with Gasteiger partial charge in [0.2, 0.25) is 10.0 Å². The van der Waals surface area contributed by atoms with E-state index in [0.29, 0.717) is 19.0 Å². The zero-order valence-electron chi connectivity index (χ0n) is 9.52. The van der Waals surface area contributed by atoms with Crippen molar-refractivity contribution in [1.82, 2.24) is 4.31 Å². The van der Waals surface area contributed by atoms with Crippen LogP contribution >= 0.6 is 0 Å². The SMILES string of the molecule is CCN(CC1CCC1)S(=O)(=O)C(C)CO. The lowest BCUT2D eigenvalue weighted by Crippen LogP contribution is -2.42. The molecule has 0 aromatic carbocycles. The molecule has 1 aliphatic carbocycles. The highest BCUT2D eigenvalue weighted by Crippen LogP contribution is 2.28. The van der Waals surface area contributed by atoms with Crippen LogP contribution in [-0.4, -0.2) is 42.8 Å². The summed E-state index contributed by atoms with van der Waals surface area (Å²) in [5.41, 5.74) is 0. The molecule has 0 heterocycles. The zero-order chi connectivity index (χ0) is 11.5. The van der Waals surface area contributed by atoms with Crippen molar-refractivity contribution in [3.05, 3.63) is 0 Å². The largest absolute Gasteiger partial charge is 0.395 e. The molecule has 0 spiro atoms. The Morgan fingerprint density at radius 3 is 2.40 bits per heavy atom. The summed E-state index contributed by atoms with van der Waals surface area (Å²) in [5.74, 6) is 0.533. The summed E-state index contributed by atoms with van der Waals surface area (Å²) in [5, 5.41) is 8.23. The van der Waals surface area contributed by atoms with Crippen molar-refractivity contribution >= 4 is 10.0 Å². The topological polar surface area (TPSA) is 57.6 Å². The van der Waals surface area contributed by atoms with Crippen molar-refractivity contribution in [2.24, 2.45) is 5.92 Å². The highest BCUT2D eigenvalue weighted by Gasteiger charge is 2.30. The van der Waals surface area contributed by atoms with E-state index in [4.69, 9.17) is 5.11 Å². The first-order valence-electron chi connectivity index (χ1n) is 5.62. The zero-order valence-corrected chi connectivity index (χ0v) is 10.3. The van der Waals surface area contributed by atoms with Crippen LogP contribution in [0.1, 0.15) is 33.1 Å². The molecule has 1 fully saturated rings. The van der Waals surface area contributed by atoms with Crippen LogP contribution in [0.3, 0.4) is 0 Å². The third kappa shape index (κ3) is 2.92. The fraction of sp³-hybridized carbons (Fsp3) is 1.00. The number of aliphatic hydroxyl groups excluding tert-OH is 1. The van der Waals surface area contributed by atoms with Gasteiger partial charge in [0.05, 0.1) is 11.9 Å². The lowest BCUT2D eigenvalue weighted by Gasteiger charge is -2.32. The lowest BCUT2D eigenvalue weighted by atomic mass is 9.85. The molecule has 5 heteroatoms. The summed E-state index contributed by atoms with van der Waals surface area (Å²) >= 11 is 0. The minimum atomic E-state index is -3.29. The first-order chi connectivity index (χ1) is 7.02. The summed E-state index contributed by atoms with van der Waals surface area (Å²) in [6.07, 6.45) is 3.50. The molecule has 0 saturated heterocycles. The molecule has 1 aliphatic rings. The summed E-state index contributed by atoms with van der Waals surface area (Å²) < 4.78 is 25.4.